The second kappa shape index (κ2) is 11.2. The molecule has 2 aromatic heterocycles. The summed E-state index contributed by atoms with van der Waals surface area (Å²) in [5, 5.41) is 12.6. The Morgan fingerprint density at radius 3 is 2.29 bits per heavy atom. The zero-order valence-corrected chi connectivity index (χ0v) is 22.9. The average Bonchev–Trinajstić information content (AvgIpc) is 3.29. The Morgan fingerprint density at radius 1 is 0.974 bits per heavy atom. The quantitative estimate of drug-likeness (QED) is 0.258. The van der Waals surface area contributed by atoms with Gasteiger partial charge in [0.2, 0.25) is 0 Å². The summed E-state index contributed by atoms with van der Waals surface area (Å²) in [7, 11) is 0. The number of carboxylic acids is 1. The van der Waals surface area contributed by atoms with Gasteiger partial charge in [-0.3, -0.25) is 14.6 Å². The number of carbonyl (C=O) groups excluding carboxylic acids is 1. The third-order valence-corrected chi connectivity index (χ3v) is 6.86. The number of amides is 1. The van der Waals surface area contributed by atoms with Crippen molar-refractivity contribution in [3.05, 3.63) is 89.9 Å². The van der Waals surface area contributed by atoms with Crippen LogP contribution in [0.25, 0.3) is 22.0 Å². The molecule has 0 aliphatic heterocycles. The molecule has 4 aromatic rings. The Bertz CT molecular complexity index is 1410. The minimum atomic E-state index is -0.949. The van der Waals surface area contributed by atoms with E-state index in [4.69, 9.17) is 5.11 Å². The van der Waals surface area contributed by atoms with Crippen LogP contribution in [-0.4, -0.2) is 33.1 Å². The van der Waals surface area contributed by atoms with Crippen LogP contribution in [0.4, 0.5) is 0 Å². The van der Waals surface area contributed by atoms with Crippen molar-refractivity contribution in [1.29, 1.82) is 0 Å². The van der Waals surface area contributed by atoms with Crippen LogP contribution < -0.4 is 5.32 Å². The summed E-state index contributed by atoms with van der Waals surface area (Å²) in [6, 6.07) is 21.3. The van der Waals surface area contributed by atoms with Gasteiger partial charge in [0.05, 0.1) is 12.5 Å². The van der Waals surface area contributed by atoms with Gasteiger partial charge in [-0.25, -0.2) is 0 Å². The number of fused-ring (bicyclic) bond motifs is 1. The molecule has 4 rings (SSSR count). The number of benzene rings is 2. The predicted octanol–water partition coefficient (Wildman–Crippen LogP) is 6.84. The molecule has 0 spiro atoms. The van der Waals surface area contributed by atoms with E-state index in [0.717, 1.165) is 17.5 Å². The van der Waals surface area contributed by atoms with Crippen LogP contribution >= 0.6 is 0 Å². The van der Waals surface area contributed by atoms with E-state index in [0.29, 0.717) is 5.92 Å². The van der Waals surface area contributed by atoms with E-state index in [9.17, 15) is 9.59 Å². The number of carbonyl (C=O) groups is 2. The fourth-order valence-corrected chi connectivity index (χ4v) is 4.75. The average molecular weight is 512 g/mol. The normalized spacial score (nSPS) is 12.6. The maximum atomic E-state index is 12.3. The van der Waals surface area contributed by atoms with Gasteiger partial charge < -0.3 is 15.0 Å². The summed E-state index contributed by atoms with van der Waals surface area (Å²) in [5.74, 6) is -0.862. The van der Waals surface area contributed by atoms with Crippen LogP contribution in [0.15, 0.2) is 73.1 Å². The number of nitrogens with zero attached hydrogens (tertiary/aromatic N) is 2. The predicted molar refractivity (Wildman–Crippen MR) is 152 cm³/mol. The highest BCUT2D eigenvalue weighted by atomic mass is 16.4. The molecule has 0 fully saturated rings. The van der Waals surface area contributed by atoms with Gasteiger partial charge in [-0.15, -0.1) is 0 Å². The first kappa shape index (κ1) is 27.1. The van der Waals surface area contributed by atoms with Gasteiger partial charge >= 0.3 is 5.97 Å². The minimum Gasteiger partial charge on any atom is -0.481 e. The van der Waals surface area contributed by atoms with Crippen molar-refractivity contribution >= 4 is 22.8 Å². The van der Waals surface area contributed by atoms with Crippen LogP contribution in [-0.2, 0) is 10.2 Å². The first-order valence-corrected chi connectivity index (χ1v) is 13.2. The lowest BCUT2D eigenvalue weighted by Gasteiger charge is -2.23. The van der Waals surface area contributed by atoms with Gasteiger partial charge in [0.15, 0.2) is 0 Å². The number of nitrogens with one attached hydrogen (secondary N) is 1. The van der Waals surface area contributed by atoms with Crippen molar-refractivity contribution < 1.29 is 14.7 Å². The second-order valence-corrected chi connectivity index (χ2v) is 11.3. The topological polar surface area (TPSA) is 84.2 Å². The van der Waals surface area contributed by atoms with Crippen molar-refractivity contribution in [1.82, 2.24) is 14.9 Å². The first-order chi connectivity index (χ1) is 18.0. The minimum absolute atomic E-state index is 0.0704. The summed E-state index contributed by atoms with van der Waals surface area (Å²) in [5.41, 5.74) is 6.30. The molecule has 2 N–H and O–H groups in total. The van der Waals surface area contributed by atoms with Gasteiger partial charge in [-0.1, -0.05) is 71.0 Å². The van der Waals surface area contributed by atoms with Gasteiger partial charge in [0.1, 0.15) is 5.69 Å². The molecule has 38 heavy (non-hydrogen) atoms. The lowest BCUT2D eigenvalue weighted by atomic mass is 9.86. The van der Waals surface area contributed by atoms with Crippen molar-refractivity contribution in [2.24, 2.45) is 5.92 Å². The first-order valence-electron chi connectivity index (χ1n) is 13.2. The number of aromatic nitrogens is 2. The number of carboxylic acid groups (broad SMARTS) is 1. The van der Waals surface area contributed by atoms with Crippen LogP contribution in [0.2, 0.25) is 0 Å². The lowest BCUT2D eigenvalue weighted by molar-refractivity contribution is -0.136. The largest absolute Gasteiger partial charge is 0.481 e. The van der Waals surface area contributed by atoms with Crippen molar-refractivity contribution in [3.8, 4) is 11.1 Å². The highest BCUT2D eigenvalue weighted by Gasteiger charge is 2.19. The molecule has 2 heterocycles. The highest BCUT2D eigenvalue weighted by Crippen LogP contribution is 2.33. The summed E-state index contributed by atoms with van der Waals surface area (Å²) in [4.78, 5) is 27.4. The molecule has 0 saturated carbocycles. The van der Waals surface area contributed by atoms with Gasteiger partial charge in [0.25, 0.3) is 5.91 Å². The zero-order valence-electron chi connectivity index (χ0n) is 22.9. The van der Waals surface area contributed by atoms with E-state index < -0.39 is 5.97 Å². The lowest BCUT2D eigenvalue weighted by Crippen LogP contribution is -2.26. The van der Waals surface area contributed by atoms with E-state index in [-0.39, 0.29) is 36.0 Å². The molecule has 1 amide bonds. The molecule has 0 aliphatic rings. The van der Waals surface area contributed by atoms with E-state index in [1.165, 1.54) is 22.1 Å². The van der Waals surface area contributed by atoms with E-state index >= 15 is 0 Å². The third-order valence-electron chi connectivity index (χ3n) is 6.86. The molecule has 0 saturated heterocycles. The molecule has 198 valence electrons. The number of rotatable bonds is 9. The molecular weight excluding hydrogens is 474 g/mol. The number of aliphatic carboxylic acids is 1. The molecule has 6 nitrogen and oxygen atoms in total. The summed E-state index contributed by atoms with van der Waals surface area (Å²) < 4.78 is 2.30. The van der Waals surface area contributed by atoms with Crippen LogP contribution in [0, 0.1) is 5.92 Å². The fraction of sp³-hybridized carbons (Fsp3) is 0.344. The molecule has 1 unspecified atom stereocenters. The third kappa shape index (κ3) is 6.31. The fourth-order valence-electron chi connectivity index (χ4n) is 4.75. The standard InChI is InChI=1S/C32H37N3O3/c1-21(2)18-29(25-8-12-27(34-20-25)31(38)33-16-14-30(36)37)35-17-15-24-19-23(9-13-28(24)35)22-6-10-26(11-7-22)32(3,4)5/h6-13,15,17,19-21,29H,14,16,18H2,1-5H3,(H,33,38)(H,36,37). The smallest absolute Gasteiger partial charge is 0.305 e. The van der Waals surface area contributed by atoms with Gasteiger partial charge in [-0.2, -0.15) is 0 Å². The molecule has 1 atom stereocenters. The Labute approximate surface area is 224 Å². The summed E-state index contributed by atoms with van der Waals surface area (Å²) in [6.45, 7) is 11.2. The molecule has 2 aromatic carbocycles. The molecule has 6 heteroatoms. The second-order valence-electron chi connectivity index (χ2n) is 11.3. The Balaban J connectivity index is 1.60. The number of hydrogen-bond acceptors (Lipinski definition) is 3. The maximum Gasteiger partial charge on any atom is 0.305 e. The molecular formula is C32H37N3O3. The van der Waals surface area contributed by atoms with Crippen molar-refractivity contribution in [2.75, 3.05) is 6.54 Å². The van der Waals surface area contributed by atoms with Crippen LogP contribution in [0.5, 0.6) is 0 Å². The Morgan fingerprint density at radius 2 is 1.68 bits per heavy atom. The van der Waals surface area contributed by atoms with Crippen LogP contribution in [0.1, 0.15) is 75.1 Å². The monoisotopic (exact) mass is 511 g/mol. The molecule has 0 radical (unpaired) electrons. The summed E-state index contributed by atoms with van der Waals surface area (Å²) >= 11 is 0. The number of hydrogen-bond donors (Lipinski definition) is 2. The zero-order chi connectivity index (χ0) is 27.4. The maximum absolute atomic E-state index is 12.3. The van der Waals surface area contributed by atoms with Crippen molar-refractivity contribution in [2.45, 2.75) is 58.9 Å². The SMILES string of the molecule is CC(C)CC(c1ccc(C(=O)NCCC(=O)O)nc1)n1ccc2cc(-c3ccc(C(C)(C)C)cc3)ccc21. The highest BCUT2D eigenvalue weighted by molar-refractivity contribution is 5.92. The molecule has 0 aliphatic carbocycles. The molecule has 0 bridgehead atoms. The summed E-state index contributed by atoms with van der Waals surface area (Å²) in [6.07, 6.45) is 4.70. The van der Waals surface area contributed by atoms with Crippen LogP contribution in [0.3, 0.4) is 0 Å². The Kier molecular flexibility index (Phi) is 8.00. The number of pyridine rings is 1. The van der Waals surface area contributed by atoms with E-state index in [2.05, 4.69) is 104 Å². The van der Waals surface area contributed by atoms with Gasteiger partial charge in [-0.05, 0) is 64.3 Å². The van der Waals surface area contributed by atoms with Crippen molar-refractivity contribution in [3.63, 3.8) is 0 Å². The van der Waals surface area contributed by atoms with E-state index in [1.807, 2.05) is 6.07 Å². The van der Waals surface area contributed by atoms with Gasteiger partial charge in [0, 0.05) is 29.8 Å². The van der Waals surface area contributed by atoms with E-state index in [1.54, 1.807) is 12.3 Å². The Hall–Kier alpha value is -3.93.